The highest BCUT2D eigenvalue weighted by molar-refractivity contribution is 5.84. The predicted molar refractivity (Wildman–Crippen MR) is 101 cm³/mol. The standard InChI is InChI=1S/C21H31N5O/c27-18(25-5-3-19(13-25)2-1-4-22-12-19)20-7-16-6-17(8-20)10-21(9-16,11-20)26-15-23-14-24-26/h14-17,22H,1-13H2/t16-,17-,19+,20?,21?/m1/s1. The van der Waals surface area contributed by atoms with Gasteiger partial charge in [0.15, 0.2) is 0 Å². The Bertz CT molecular complexity index is 724. The van der Waals surface area contributed by atoms with Crippen LogP contribution in [-0.4, -0.2) is 51.8 Å². The molecule has 4 aliphatic carbocycles. The zero-order valence-corrected chi connectivity index (χ0v) is 16.2. The van der Waals surface area contributed by atoms with Crippen molar-refractivity contribution in [2.75, 3.05) is 26.2 Å². The first-order valence-corrected chi connectivity index (χ1v) is 11.0. The van der Waals surface area contributed by atoms with Crippen molar-refractivity contribution in [2.45, 2.75) is 63.3 Å². The van der Waals surface area contributed by atoms with Crippen molar-refractivity contribution in [3.63, 3.8) is 0 Å². The van der Waals surface area contributed by atoms with E-state index in [2.05, 4.69) is 25.0 Å². The van der Waals surface area contributed by atoms with Crippen LogP contribution in [0.1, 0.15) is 57.8 Å². The Balaban J connectivity index is 1.29. The third-order valence-electron chi connectivity index (χ3n) is 8.67. The van der Waals surface area contributed by atoms with Gasteiger partial charge in [0, 0.05) is 25.0 Å². The van der Waals surface area contributed by atoms with Crippen LogP contribution in [0.5, 0.6) is 0 Å². The molecule has 1 aromatic heterocycles. The highest BCUT2D eigenvalue weighted by Crippen LogP contribution is 2.64. The Kier molecular flexibility index (Phi) is 3.40. The molecule has 2 aliphatic heterocycles. The molecule has 6 fully saturated rings. The van der Waals surface area contributed by atoms with Crippen LogP contribution in [0.3, 0.4) is 0 Å². The molecule has 146 valence electrons. The van der Waals surface area contributed by atoms with Crippen molar-refractivity contribution < 1.29 is 4.79 Å². The van der Waals surface area contributed by atoms with Crippen LogP contribution in [-0.2, 0) is 10.3 Å². The maximum atomic E-state index is 13.9. The Morgan fingerprint density at radius 3 is 2.70 bits per heavy atom. The summed E-state index contributed by atoms with van der Waals surface area (Å²) < 4.78 is 2.11. The number of nitrogens with one attached hydrogen (secondary N) is 1. The van der Waals surface area contributed by atoms with Gasteiger partial charge in [-0.15, -0.1) is 0 Å². The Hall–Kier alpha value is -1.43. The van der Waals surface area contributed by atoms with Crippen molar-refractivity contribution >= 4 is 5.91 Å². The first-order chi connectivity index (χ1) is 13.1. The molecule has 3 atom stereocenters. The van der Waals surface area contributed by atoms with Crippen LogP contribution in [0.4, 0.5) is 0 Å². The van der Waals surface area contributed by atoms with E-state index in [1.807, 2.05) is 6.33 Å². The molecule has 6 aliphatic rings. The van der Waals surface area contributed by atoms with Gasteiger partial charge in [0.2, 0.25) is 5.91 Å². The number of carbonyl (C=O) groups is 1. The average molecular weight is 370 g/mol. The first kappa shape index (κ1) is 16.5. The molecule has 0 aromatic carbocycles. The summed E-state index contributed by atoms with van der Waals surface area (Å²) in [7, 11) is 0. The number of hydrogen-bond acceptors (Lipinski definition) is 4. The zero-order chi connectivity index (χ0) is 18.1. The van der Waals surface area contributed by atoms with Gasteiger partial charge in [-0.25, -0.2) is 9.67 Å². The van der Waals surface area contributed by atoms with Gasteiger partial charge >= 0.3 is 0 Å². The normalized spacial score (nSPS) is 45.7. The molecule has 1 N–H and O–H groups in total. The molecule has 2 saturated heterocycles. The van der Waals surface area contributed by atoms with Gasteiger partial charge in [0.05, 0.1) is 11.0 Å². The van der Waals surface area contributed by atoms with E-state index >= 15 is 0 Å². The lowest BCUT2D eigenvalue weighted by Gasteiger charge is -2.61. The van der Waals surface area contributed by atoms with Crippen molar-refractivity contribution in [1.29, 1.82) is 0 Å². The molecule has 0 radical (unpaired) electrons. The second kappa shape index (κ2) is 5.56. The largest absolute Gasteiger partial charge is 0.342 e. The van der Waals surface area contributed by atoms with Gasteiger partial charge in [-0.1, -0.05) is 0 Å². The van der Waals surface area contributed by atoms with E-state index in [0.717, 1.165) is 45.4 Å². The fourth-order valence-corrected chi connectivity index (χ4v) is 8.01. The summed E-state index contributed by atoms with van der Waals surface area (Å²) in [5.41, 5.74) is 0.253. The average Bonchev–Trinajstić information content (AvgIpc) is 3.32. The summed E-state index contributed by atoms with van der Waals surface area (Å²) in [6.07, 6.45) is 14.2. The SMILES string of the molecule is O=C(N1CC[C@]2(CCCNC2)C1)C12C[C@H]3C[C@H](C1)CC(n1cncn1)(C3)C2. The van der Waals surface area contributed by atoms with Crippen LogP contribution >= 0.6 is 0 Å². The van der Waals surface area contributed by atoms with Crippen LogP contribution < -0.4 is 5.32 Å². The molecule has 27 heavy (non-hydrogen) atoms. The van der Waals surface area contributed by atoms with E-state index in [-0.39, 0.29) is 11.0 Å². The Labute approximate surface area is 161 Å². The van der Waals surface area contributed by atoms with Gasteiger partial charge < -0.3 is 10.2 Å². The number of carbonyl (C=O) groups excluding carboxylic acids is 1. The molecule has 1 aromatic rings. The molecule has 6 nitrogen and oxygen atoms in total. The summed E-state index contributed by atoms with van der Waals surface area (Å²) in [5.74, 6) is 1.85. The molecule has 0 unspecified atom stereocenters. The monoisotopic (exact) mass is 369 g/mol. The number of rotatable bonds is 2. The Morgan fingerprint density at radius 1 is 1.15 bits per heavy atom. The summed E-state index contributed by atoms with van der Waals surface area (Å²) in [6, 6.07) is 0. The van der Waals surface area contributed by atoms with Gasteiger partial charge in [-0.05, 0) is 76.2 Å². The maximum absolute atomic E-state index is 13.9. The summed E-state index contributed by atoms with van der Waals surface area (Å²) >= 11 is 0. The lowest BCUT2D eigenvalue weighted by molar-refractivity contribution is -0.166. The lowest BCUT2D eigenvalue weighted by Crippen LogP contribution is -2.61. The highest BCUT2D eigenvalue weighted by atomic mass is 16.2. The smallest absolute Gasteiger partial charge is 0.228 e. The van der Waals surface area contributed by atoms with Crippen molar-refractivity contribution in [3.05, 3.63) is 12.7 Å². The van der Waals surface area contributed by atoms with Gasteiger partial charge in [0.25, 0.3) is 0 Å². The van der Waals surface area contributed by atoms with E-state index < -0.39 is 0 Å². The van der Waals surface area contributed by atoms with Crippen molar-refractivity contribution in [1.82, 2.24) is 25.0 Å². The summed E-state index contributed by atoms with van der Waals surface area (Å²) in [5, 5.41) is 8.12. The van der Waals surface area contributed by atoms with Gasteiger partial charge in [0.1, 0.15) is 12.7 Å². The molecular weight excluding hydrogens is 338 g/mol. The van der Waals surface area contributed by atoms with E-state index in [9.17, 15) is 4.79 Å². The molecule has 7 rings (SSSR count). The van der Waals surface area contributed by atoms with Gasteiger partial charge in [-0.2, -0.15) is 5.10 Å². The highest BCUT2D eigenvalue weighted by Gasteiger charge is 2.63. The zero-order valence-electron chi connectivity index (χ0n) is 16.2. The number of likely N-dealkylation sites (tertiary alicyclic amines) is 1. The number of piperidine rings is 1. The van der Waals surface area contributed by atoms with Crippen LogP contribution in [0.15, 0.2) is 12.7 Å². The van der Waals surface area contributed by atoms with E-state index in [1.165, 1.54) is 38.5 Å². The van der Waals surface area contributed by atoms with Crippen molar-refractivity contribution in [3.8, 4) is 0 Å². The summed E-state index contributed by atoms with van der Waals surface area (Å²) in [6.45, 7) is 4.18. The molecule has 1 amide bonds. The van der Waals surface area contributed by atoms with Crippen LogP contribution in [0.25, 0.3) is 0 Å². The fraction of sp³-hybridized carbons (Fsp3) is 0.857. The minimum absolute atomic E-state index is 0.0417. The van der Waals surface area contributed by atoms with E-state index in [0.29, 0.717) is 23.2 Å². The number of hydrogen-bond donors (Lipinski definition) is 1. The minimum atomic E-state index is -0.135. The number of nitrogens with zero attached hydrogens (tertiary/aromatic N) is 4. The predicted octanol–water partition coefficient (Wildman–Crippen LogP) is 2.18. The topological polar surface area (TPSA) is 63.1 Å². The quantitative estimate of drug-likeness (QED) is 0.868. The van der Waals surface area contributed by atoms with Crippen LogP contribution in [0, 0.1) is 22.7 Å². The molecule has 1 spiro atoms. The molecule has 3 heterocycles. The third-order valence-corrected chi connectivity index (χ3v) is 8.67. The van der Waals surface area contributed by atoms with E-state index in [1.54, 1.807) is 6.33 Å². The van der Waals surface area contributed by atoms with E-state index in [4.69, 9.17) is 0 Å². The first-order valence-electron chi connectivity index (χ1n) is 11.0. The number of aromatic nitrogens is 3. The minimum Gasteiger partial charge on any atom is -0.342 e. The lowest BCUT2D eigenvalue weighted by atomic mass is 9.46. The fourth-order valence-electron chi connectivity index (χ4n) is 8.01. The second-order valence-corrected chi connectivity index (χ2v) is 10.6. The Morgan fingerprint density at radius 2 is 2.00 bits per heavy atom. The molecule has 6 heteroatoms. The van der Waals surface area contributed by atoms with Crippen molar-refractivity contribution in [2.24, 2.45) is 22.7 Å². The maximum Gasteiger partial charge on any atom is 0.228 e. The molecule has 4 bridgehead atoms. The van der Waals surface area contributed by atoms with Crippen LogP contribution in [0.2, 0.25) is 0 Å². The third kappa shape index (κ3) is 2.38. The van der Waals surface area contributed by atoms with Gasteiger partial charge in [-0.3, -0.25) is 4.79 Å². The summed E-state index contributed by atoms with van der Waals surface area (Å²) in [4.78, 5) is 20.4. The second-order valence-electron chi connectivity index (χ2n) is 10.6. The number of amides is 1. The molecular formula is C21H31N5O. The molecule has 4 saturated carbocycles.